The fraction of sp³-hybridized carbons (Fsp3) is 0.800. The summed E-state index contributed by atoms with van der Waals surface area (Å²) in [6.45, 7) is 2.57. The highest BCUT2D eigenvalue weighted by Crippen LogP contribution is 2.22. The van der Waals surface area contributed by atoms with E-state index in [1.807, 2.05) is 6.92 Å². The van der Waals surface area contributed by atoms with E-state index in [-0.39, 0.29) is 12.5 Å². The minimum atomic E-state index is -4.04. The Labute approximate surface area is 98.0 Å². The molecule has 1 heterocycles. The number of nitrogens with one attached hydrogen (secondary N) is 2. The smallest absolute Gasteiger partial charge is 0.314 e. The molecular weight excluding hydrogens is 233 g/mol. The molecule has 0 bridgehead atoms. The van der Waals surface area contributed by atoms with Crippen LogP contribution >= 0.6 is 0 Å². The Morgan fingerprint density at radius 3 is 2.82 bits per heavy atom. The van der Waals surface area contributed by atoms with Gasteiger partial charge in [0.25, 0.3) is 0 Å². The second-order valence-corrected chi connectivity index (χ2v) is 4.04. The van der Waals surface area contributed by atoms with Gasteiger partial charge in [0, 0.05) is 25.4 Å². The first-order valence-electron chi connectivity index (χ1n) is 5.62. The zero-order valence-corrected chi connectivity index (χ0v) is 9.72. The fourth-order valence-corrected chi connectivity index (χ4v) is 1.50. The second kappa shape index (κ2) is 6.58. The minimum absolute atomic E-state index is 0.0836. The van der Waals surface area contributed by atoms with Crippen LogP contribution in [0.3, 0.4) is 0 Å². The third kappa shape index (κ3) is 6.93. The maximum Gasteiger partial charge on any atom is 0.389 e. The molecule has 0 saturated carbocycles. The van der Waals surface area contributed by atoms with Crippen molar-refractivity contribution in [3.63, 3.8) is 0 Å². The van der Waals surface area contributed by atoms with Crippen molar-refractivity contribution in [1.82, 2.24) is 20.5 Å². The largest absolute Gasteiger partial charge is 0.389 e. The van der Waals surface area contributed by atoms with E-state index in [1.165, 1.54) is 6.33 Å². The Morgan fingerprint density at radius 2 is 2.24 bits per heavy atom. The van der Waals surface area contributed by atoms with Gasteiger partial charge in [-0.1, -0.05) is 0 Å². The van der Waals surface area contributed by atoms with E-state index in [0.29, 0.717) is 19.4 Å². The summed E-state index contributed by atoms with van der Waals surface area (Å²) in [4.78, 5) is 3.95. The lowest BCUT2D eigenvalue weighted by atomic mass is 10.1. The molecule has 1 rings (SSSR count). The van der Waals surface area contributed by atoms with Crippen molar-refractivity contribution < 1.29 is 13.2 Å². The van der Waals surface area contributed by atoms with Crippen LogP contribution in [-0.4, -0.2) is 33.9 Å². The van der Waals surface area contributed by atoms with Gasteiger partial charge in [0.2, 0.25) is 0 Å². The minimum Gasteiger partial charge on any atom is -0.314 e. The van der Waals surface area contributed by atoms with Gasteiger partial charge < -0.3 is 5.32 Å². The number of H-pyrrole nitrogens is 1. The van der Waals surface area contributed by atoms with Crippen molar-refractivity contribution >= 4 is 0 Å². The molecule has 7 heteroatoms. The molecule has 0 aromatic carbocycles. The summed E-state index contributed by atoms with van der Waals surface area (Å²) in [5.74, 6) is 0.778. The fourth-order valence-electron chi connectivity index (χ4n) is 1.50. The van der Waals surface area contributed by atoms with Crippen LogP contribution in [0.2, 0.25) is 0 Å². The number of halogens is 3. The van der Waals surface area contributed by atoms with E-state index in [9.17, 15) is 13.2 Å². The van der Waals surface area contributed by atoms with Crippen molar-refractivity contribution in [1.29, 1.82) is 0 Å². The standard InChI is InChI=1S/C10H17F3N4/c1-8(3-2-5-10(11,12)13)14-6-4-9-15-7-16-17-9/h7-8,14H,2-6H2,1H3,(H,15,16,17). The predicted octanol–water partition coefficient (Wildman–Crippen LogP) is 2.06. The number of rotatable bonds is 7. The zero-order valence-electron chi connectivity index (χ0n) is 9.72. The van der Waals surface area contributed by atoms with Gasteiger partial charge in [0.05, 0.1) is 0 Å². The molecule has 0 fully saturated rings. The molecule has 98 valence electrons. The topological polar surface area (TPSA) is 53.6 Å². The van der Waals surface area contributed by atoms with Gasteiger partial charge in [-0.05, 0) is 19.8 Å². The number of hydrogen-bond donors (Lipinski definition) is 2. The summed E-state index contributed by atoms with van der Waals surface area (Å²) < 4.78 is 35.7. The Hall–Kier alpha value is -1.11. The molecule has 1 aromatic rings. The van der Waals surface area contributed by atoms with Crippen molar-refractivity contribution in [2.75, 3.05) is 6.54 Å². The Balaban J connectivity index is 2.03. The van der Waals surface area contributed by atoms with Crippen LogP contribution in [-0.2, 0) is 6.42 Å². The van der Waals surface area contributed by atoms with E-state index in [1.54, 1.807) is 0 Å². The summed E-state index contributed by atoms with van der Waals surface area (Å²) >= 11 is 0. The van der Waals surface area contributed by atoms with E-state index >= 15 is 0 Å². The summed E-state index contributed by atoms with van der Waals surface area (Å²) in [7, 11) is 0. The number of aromatic amines is 1. The molecule has 0 spiro atoms. The predicted molar refractivity (Wildman–Crippen MR) is 57.5 cm³/mol. The monoisotopic (exact) mass is 250 g/mol. The van der Waals surface area contributed by atoms with Gasteiger partial charge in [-0.15, -0.1) is 0 Å². The van der Waals surface area contributed by atoms with Crippen LogP contribution in [0.4, 0.5) is 13.2 Å². The first-order chi connectivity index (χ1) is 7.97. The highest BCUT2D eigenvalue weighted by molar-refractivity contribution is 4.81. The Bertz CT molecular complexity index is 297. The molecular formula is C10H17F3N4. The number of alkyl halides is 3. The SMILES string of the molecule is CC(CCCC(F)(F)F)NCCc1ncn[nH]1. The van der Waals surface area contributed by atoms with Crippen LogP contribution in [0.15, 0.2) is 6.33 Å². The molecule has 0 aliphatic heterocycles. The molecule has 0 radical (unpaired) electrons. The second-order valence-electron chi connectivity index (χ2n) is 4.04. The average Bonchev–Trinajstić information content (AvgIpc) is 2.68. The van der Waals surface area contributed by atoms with Gasteiger partial charge in [-0.3, -0.25) is 5.10 Å². The number of hydrogen-bond acceptors (Lipinski definition) is 3. The molecule has 2 N–H and O–H groups in total. The van der Waals surface area contributed by atoms with Crippen molar-refractivity contribution in [3.8, 4) is 0 Å². The van der Waals surface area contributed by atoms with Crippen LogP contribution in [0, 0.1) is 0 Å². The number of nitrogens with zero attached hydrogens (tertiary/aromatic N) is 2. The summed E-state index contributed by atoms with van der Waals surface area (Å²) in [5, 5.41) is 9.58. The van der Waals surface area contributed by atoms with Gasteiger partial charge in [-0.25, -0.2) is 4.98 Å². The molecule has 1 aromatic heterocycles. The van der Waals surface area contributed by atoms with E-state index in [4.69, 9.17) is 0 Å². The van der Waals surface area contributed by atoms with E-state index < -0.39 is 12.6 Å². The molecule has 1 unspecified atom stereocenters. The number of aromatic nitrogens is 3. The quantitative estimate of drug-likeness (QED) is 0.778. The van der Waals surface area contributed by atoms with E-state index in [2.05, 4.69) is 20.5 Å². The molecule has 1 atom stereocenters. The average molecular weight is 250 g/mol. The van der Waals surface area contributed by atoms with Gasteiger partial charge in [-0.2, -0.15) is 18.3 Å². The lowest BCUT2D eigenvalue weighted by Gasteiger charge is -2.13. The molecule has 0 saturated heterocycles. The van der Waals surface area contributed by atoms with Crippen molar-refractivity contribution in [2.45, 2.75) is 44.8 Å². The Kier molecular flexibility index (Phi) is 5.40. The van der Waals surface area contributed by atoms with Crippen LogP contribution in [0.1, 0.15) is 32.0 Å². The summed E-state index contributed by atoms with van der Waals surface area (Å²) in [5.41, 5.74) is 0. The van der Waals surface area contributed by atoms with Crippen molar-refractivity contribution in [2.24, 2.45) is 0 Å². The third-order valence-electron chi connectivity index (χ3n) is 2.42. The van der Waals surface area contributed by atoms with Gasteiger partial charge >= 0.3 is 6.18 Å². The molecule has 17 heavy (non-hydrogen) atoms. The van der Waals surface area contributed by atoms with Gasteiger partial charge in [0.1, 0.15) is 12.2 Å². The van der Waals surface area contributed by atoms with Crippen LogP contribution in [0.25, 0.3) is 0 Å². The van der Waals surface area contributed by atoms with Gasteiger partial charge in [0.15, 0.2) is 0 Å². The first-order valence-corrected chi connectivity index (χ1v) is 5.62. The molecule has 0 aliphatic carbocycles. The summed E-state index contributed by atoms with van der Waals surface area (Å²) in [6, 6.07) is 0.0836. The first kappa shape index (κ1) is 14.0. The van der Waals surface area contributed by atoms with E-state index in [0.717, 1.165) is 5.82 Å². The molecule has 0 aliphatic rings. The lowest BCUT2D eigenvalue weighted by molar-refractivity contribution is -0.135. The molecule has 0 amide bonds. The Morgan fingerprint density at radius 1 is 1.47 bits per heavy atom. The maximum atomic E-state index is 11.9. The maximum absolute atomic E-state index is 11.9. The van der Waals surface area contributed by atoms with Crippen molar-refractivity contribution in [3.05, 3.63) is 12.2 Å². The van der Waals surface area contributed by atoms with Crippen LogP contribution in [0.5, 0.6) is 0 Å². The zero-order chi connectivity index (χ0) is 12.7. The highest BCUT2D eigenvalue weighted by Gasteiger charge is 2.26. The lowest BCUT2D eigenvalue weighted by Crippen LogP contribution is -2.28. The molecule has 4 nitrogen and oxygen atoms in total. The van der Waals surface area contributed by atoms with Crippen LogP contribution < -0.4 is 5.32 Å². The third-order valence-corrected chi connectivity index (χ3v) is 2.42. The highest BCUT2D eigenvalue weighted by atomic mass is 19.4. The normalized spacial score (nSPS) is 13.9. The summed E-state index contributed by atoms with van der Waals surface area (Å²) in [6.07, 6.45) is -1.93.